The molecule has 0 unspecified atom stereocenters. The van der Waals surface area contributed by atoms with Gasteiger partial charge in [-0.3, -0.25) is 4.79 Å². The van der Waals surface area contributed by atoms with Crippen molar-refractivity contribution in [2.24, 2.45) is 5.92 Å². The van der Waals surface area contributed by atoms with Gasteiger partial charge in [-0.2, -0.15) is 0 Å². The minimum absolute atomic E-state index is 0.187. The van der Waals surface area contributed by atoms with Gasteiger partial charge in [-0.25, -0.2) is 0 Å². The number of aliphatic hydroxyl groups excluding tert-OH is 1. The zero-order chi connectivity index (χ0) is 8.27. The first-order valence-electron chi connectivity index (χ1n) is 3.72. The number of rotatable bonds is 3. The Kier molecular flexibility index (Phi) is 3.33. The summed E-state index contributed by atoms with van der Waals surface area (Å²) < 4.78 is 0. The van der Waals surface area contributed by atoms with E-state index in [-0.39, 0.29) is 12.5 Å². The summed E-state index contributed by atoms with van der Waals surface area (Å²) in [6.07, 6.45) is 0.568. The lowest BCUT2D eigenvalue weighted by atomic mass is 10.0. The van der Waals surface area contributed by atoms with Gasteiger partial charge < -0.3 is 10.0 Å². The van der Waals surface area contributed by atoms with Crippen molar-refractivity contribution in [2.75, 3.05) is 25.0 Å². The van der Waals surface area contributed by atoms with Crippen LogP contribution in [0.4, 0.5) is 0 Å². The van der Waals surface area contributed by atoms with E-state index in [0.717, 1.165) is 18.4 Å². The number of halogens is 1. The second-order valence-electron chi connectivity index (χ2n) is 2.79. The van der Waals surface area contributed by atoms with Crippen LogP contribution in [-0.2, 0) is 4.79 Å². The molecule has 3 nitrogen and oxygen atoms in total. The molecule has 1 heterocycles. The van der Waals surface area contributed by atoms with Gasteiger partial charge in [-0.15, -0.1) is 0 Å². The summed E-state index contributed by atoms with van der Waals surface area (Å²) in [5, 5.41) is 9.40. The molecule has 0 radical (unpaired) electrons. The minimum Gasteiger partial charge on any atom is -0.396 e. The Labute approximate surface area is 74.5 Å². The lowest BCUT2D eigenvalue weighted by Gasteiger charge is -2.38. The molecule has 0 atom stereocenters. The average Bonchev–Trinajstić information content (AvgIpc) is 1.86. The van der Waals surface area contributed by atoms with E-state index in [0.29, 0.717) is 12.3 Å². The molecule has 1 N–H and O–H groups in total. The first-order valence-corrected chi connectivity index (χ1v) is 4.84. The third kappa shape index (κ3) is 2.17. The summed E-state index contributed by atoms with van der Waals surface area (Å²) in [6.45, 7) is 1.68. The van der Waals surface area contributed by atoms with Crippen LogP contribution in [0.3, 0.4) is 0 Å². The van der Waals surface area contributed by atoms with E-state index in [1.165, 1.54) is 0 Å². The van der Waals surface area contributed by atoms with Gasteiger partial charge in [0, 0.05) is 37.4 Å². The van der Waals surface area contributed by atoms with Crippen molar-refractivity contribution in [3.8, 4) is 0 Å². The van der Waals surface area contributed by atoms with Crippen molar-refractivity contribution < 1.29 is 9.90 Å². The predicted molar refractivity (Wildman–Crippen MR) is 45.6 cm³/mol. The standard InChI is InChI=1S/C7H12BrNO2/c8-2-1-7(11)9-3-6(4-9)5-10/h6,10H,1-5H2. The maximum atomic E-state index is 11.1. The Bertz CT molecular complexity index is 145. The number of alkyl halides is 1. The van der Waals surface area contributed by atoms with Crippen molar-refractivity contribution in [1.29, 1.82) is 0 Å². The maximum absolute atomic E-state index is 11.1. The molecule has 0 bridgehead atoms. The molecule has 0 aromatic heterocycles. The summed E-state index contributed by atoms with van der Waals surface area (Å²) in [7, 11) is 0. The molecule has 4 heteroatoms. The second kappa shape index (κ2) is 4.07. The van der Waals surface area contributed by atoms with Crippen molar-refractivity contribution in [3.63, 3.8) is 0 Å². The van der Waals surface area contributed by atoms with Crippen LogP contribution in [-0.4, -0.2) is 40.9 Å². The molecule has 1 saturated heterocycles. The highest BCUT2D eigenvalue weighted by Crippen LogP contribution is 2.15. The lowest BCUT2D eigenvalue weighted by molar-refractivity contribution is -0.137. The Hall–Kier alpha value is -0.0900. The van der Waals surface area contributed by atoms with Crippen molar-refractivity contribution in [3.05, 3.63) is 0 Å². The number of carbonyl (C=O) groups is 1. The van der Waals surface area contributed by atoms with Gasteiger partial charge in [-0.1, -0.05) is 15.9 Å². The van der Waals surface area contributed by atoms with Crippen LogP contribution < -0.4 is 0 Å². The normalized spacial score (nSPS) is 18.2. The number of amides is 1. The fourth-order valence-corrected chi connectivity index (χ4v) is 1.47. The molecule has 0 aliphatic carbocycles. The van der Waals surface area contributed by atoms with Crippen molar-refractivity contribution in [2.45, 2.75) is 6.42 Å². The third-order valence-corrected chi connectivity index (χ3v) is 2.27. The largest absolute Gasteiger partial charge is 0.396 e. The molecule has 11 heavy (non-hydrogen) atoms. The van der Waals surface area contributed by atoms with Gasteiger partial charge in [0.25, 0.3) is 0 Å². The van der Waals surface area contributed by atoms with Crippen LogP contribution in [0.1, 0.15) is 6.42 Å². The third-order valence-electron chi connectivity index (χ3n) is 1.88. The highest BCUT2D eigenvalue weighted by atomic mass is 79.9. The number of aliphatic hydroxyl groups is 1. The highest BCUT2D eigenvalue weighted by Gasteiger charge is 2.28. The maximum Gasteiger partial charge on any atom is 0.223 e. The van der Waals surface area contributed by atoms with Gasteiger partial charge in [0.05, 0.1) is 0 Å². The SMILES string of the molecule is O=C(CCBr)N1CC(CO)C1. The molecule has 1 aliphatic heterocycles. The van der Waals surface area contributed by atoms with Crippen molar-refractivity contribution in [1.82, 2.24) is 4.90 Å². The highest BCUT2D eigenvalue weighted by molar-refractivity contribution is 9.09. The summed E-state index contributed by atoms with van der Waals surface area (Å²) in [4.78, 5) is 12.9. The number of carbonyl (C=O) groups excluding carboxylic acids is 1. The lowest BCUT2D eigenvalue weighted by Crippen LogP contribution is -2.51. The van der Waals surface area contributed by atoms with E-state index in [9.17, 15) is 4.79 Å². The van der Waals surface area contributed by atoms with E-state index in [2.05, 4.69) is 15.9 Å². The Morgan fingerprint density at radius 2 is 2.27 bits per heavy atom. The zero-order valence-corrected chi connectivity index (χ0v) is 7.88. The van der Waals surface area contributed by atoms with Crippen LogP contribution in [0, 0.1) is 5.92 Å². The molecule has 0 spiro atoms. The predicted octanol–water partition coefficient (Wildman–Crippen LogP) is 0.222. The molecular formula is C7H12BrNO2. The van der Waals surface area contributed by atoms with Crippen LogP contribution in [0.5, 0.6) is 0 Å². The topological polar surface area (TPSA) is 40.5 Å². The Morgan fingerprint density at radius 3 is 2.73 bits per heavy atom. The number of hydrogen-bond donors (Lipinski definition) is 1. The fourth-order valence-electron chi connectivity index (χ4n) is 1.13. The molecule has 0 aromatic carbocycles. The Balaban J connectivity index is 2.16. The smallest absolute Gasteiger partial charge is 0.223 e. The number of hydrogen-bond acceptors (Lipinski definition) is 2. The first-order chi connectivity index (χ1) is 5.27. The van der Waals surface area contributed by atoms with E-state index in [4.69, 9.17) is 5.11 Å². The molecule has 1 aliphatic rings. The van der Waals surface area contributed by atoms with Gasteiger partial charge in [0.1, 0.15) is 0 Å². The van der Waals surface area contributed by atoms with Gasteiger partial charge in [-0.05, 0) is 0 Å². The van der Waals surface area contributed by atoms with E-state index in [1.54, 1.807) is 4.90 Å². The molecule has 1 fully saturated rings. The van der Waals surface area contributed by atoms with Crippen LogP contribution >= 0.6 is 15.9 Å². The molecule has 1 amide bonds. The fraction of sp³-hybridized carbons (Fsp3) is 0.857. The van der Waals surface area contributed by atoms with Crippen LogP contribution in [0.15, 0.2) is 0 Å². The zero-order valence-electron chi connectivity index (χ0n) is 6.29. The second-order valence-corrected chi connectivity index (χ2v) is 3.58. The summed E-state index contributed by atoms with van der Waals surface area (Å²) in [5.41, 5.74) is 0. The van der Waals surface area contributed by atoms with Crippen LogP contribution in [0.2, 0.25) is 0 Å². The molecule has 1 rings (SSSR count). The molecule has 64 valence electrons. The van der Waals surface area contributed by atoms with E-state index < -0.39 is 0 Å². The monoisotopic (exact) mass is 221 g/mol. The van der Waals surface area contributed by atoms with Crippen molar-refractivity contribution >= 4 is 21.8 Å². The molecule has 0 aromatic rings. The number of likely N-dealkylation sites (tertiary alicyclic amines) is 1. The summed E-state index contributed by atoms with van der Waals surface area (Å²) in [5.74, 6) is 0.515. The first kappa shape index (κ1) is 9.00. The quantitative estimate of drug-likeness (QED) is 0.694. The van der Waals surface area contributed by atoms with Gasteiger partial charge in [0.2, 0.25) is 5.91 Å². The average molecular weight is 222 g/mol. The van der Waals surface area contributed by atoms with Crippen LogP contribution in [0.25, 0.3) is 0 Å². The summed E-state index contributed by atoms with van der Waals surface area (Å²) in [6, 6.07) is 0. The van der Waals surface area contributed by atoms with Gasteiger partial charge in [0.15, 0.2) is 0 Å². The molecular weight excluding hydrogens is 210 g/mol. The van der Waals surface area contributed by atoms with E-state index in [1.807, 2.05) is 0 Å². The Morgan fingerprint density at radius 1 is 1.64 bits per heavy atom. The van der Waals surface area contributed by atoms with E-state index >= 15 is 0 Å². The number of nitrogens with zero attached hydrogens (tertiary/aromatic N) is 1. The van der Waals surface area contributed by atoms with Gasteiger partial charge >= 0.3 is 0 Å². The molecule has 0 saturated carbocycles. The summed E-state index contributed by atoms with van der Waals surface area (Å²) >= 11 is 3.21. The minimum atomic E-state index is 0.187.